The number of primary amides is 1. The highest BCUT2D eigenvalue weighted by atomic mass is 16.5. The highest BCUT2D eigenvalue weighted by Gasteiger charge is 2.36. The second kappa shape index (κ2) is 7.96. The van der Waals surface area contributed by atoms with Crippen molar-refractivity contribution < 1.29 is 9.53 Å². The van der Waals surface area contributed by atoms with Crippen molar-refractivity contribution in [2.75, 3.05) is 27.3 Å². The third-order valence-corrected chi connectivity index (χ3v) is 4.24. The minimum atomic E-state index is -0.544. The number of rotatable bonds is 11. The van der Waals surface area contributed by atoms with Crippen molar-refractivity contribution in [2.24, 2.45) is 5.73 Å². The van der Waals surface area contributed by atoms with E-state index in [4.69, 9.17) is 10.5 Å². The van der Waals surface area contributed by atoms with Gasteiger partial charge in [0.15, 0.2) is 0 Å². The van der Waals surface area contributed by atoms with Gasteiger partial charge in [0, 0.05) is 19.2 Å². The van der Waals surface area contributed by atoms with E-state index in [-0.39, 0.29) is 5.91 Å². The number of hydrogen-bond donors (Lipinski definition) is 2. The molecule has 1 aliphatic carbocycles. The lowest BCUT2D eigenvalue weighted by Crippen LogP contribution is -2.54. The molecule has 5 heteroatoms. The smallest absolute Gasteiger partial charge is 0.237 e. The van der Waals surface area contributed by atoms with Crippen LogP contribution in [0.5, 0.6) is 0 Å². The van der Waals surface area contributed by atoms with E-state index in [0.717, 1.165) is 32.4 Å². The Labute approximate surface area is 123 Å². The van der Waals surface area contributed by atoms with E-state index in [0.29, 0.717) is 12.1 Å². The highest BCUT2D eigenvalue weighted by molar-refractivity contribution is 5.84. The van der Waals surface area contributed by atoms with E-state index >= 15 is 0 Å². The Balaban J connectivity index is 2.25. The molecular weight excluding hydrogens is 254 g/mol. The van der Waals surface area contributed by atoms with Crippen LogP contribution in [0.4, 0.5) is 0 Å². The van der Waals surface area contributed by atoms with Gasteiger partial charge in [0.1, 0.15) is 0 Å². The van der Waals surface area contributed by atoms with Crippen molar-refractivity contribution in [3.63, 3.8) is 0 Å². The number of carbonyl (C=O) groups is 1. The lowest BCUT2D eigenvalue weighted by Gasteiger charge is -2.28. The molecule has 0 radical (unpaired) electrons. The first-order chi connectivity index (χ1) is 9.39. The van der Waals surface area contributed by atoms with Crippen molar-refractivity contribution in [3.05, 3.63) is 0 Å². The lowest BCUT2D eigenvalue weighted by atomic mass is 9.93. The zero-order valence-electron chi connectivity index (χ0n) is 13.4. The number of ether oxygens (including phenoxy) is 1. The fourth-order valence-corrected chi connectivity index (χ4v) is 2.37. The summed E-state index contributed by atoms with van der Waals surface area (Å²) in [5, 5.41) is 3.39. The predicted octanol–water partition coefficient (Wildman–Crippen LogP) is 1.12. The van der Waals surface area contributed by atoms with E-state index < -0.39 is 5.54 Å². The molecule has 20 heavy (non-hydrogen) atoms. The van der Waals surface area contributed by atoms with Gasteiger partial charge in [-0.2, -0.15) is 0 Å². The summed E-state index contributed by atoms with van der Waals surface area (Å²) in [5.41, 5.74) is 5.00. The van der Waals surface area contributed by atoms with Gasteiger partial charge in [-0.1, -0.05) is 0 Å². The topological polar surface area (TPSA) is 67.6 Å². The number of unbranched alkanes of at least 4 members (excludes halogenated alkanes) is 1. The number of methoxy groups -OCH3 is 1. The number of nitrogens with two attached hydrogens (primary N) is 1. The second-order valence-corrected chi connectivity index (χ2v) is 6.36. The molecule has 0 aromatic heterocycles. The predicted molar refractivity (Wildman–Crippen MR) is 81.6 cm³/mol. The molecule has 1 fully saturated rings. The molecule has 1 amide bonds. The molecule has 0 saturated heterocycles. The fourth-order valence-electron chi connectivity index (χ4n) is 2.37. The quantitative estimate of drug-likeness (QED) is 0.558. The van der Waals surface area contributed by atoms with Crippen LogP contribution < -0.4 is 11.1 Å². The third kappa shape index (κ3) is 5.77. The first-order valence-corrected chi connectivity index (χ1v) is 7.66. The van der Waals surface area contributed by atoms with Gasteiger partial charge in [-0.3, -0.25) is 4.79 Å². The standard InChI is InChI=1S/C15H31N3O2/c1-12(11-20-4)18(3)10-6-5-9-15(2,14(16)19)17-13-7-8-13/h12-13,17H,5-11H2,1-4H3,(H2,16,19). The number of nitrogens with zero attached hydrogens (tertiary/aromatic N) is 1. The Kier molecular flexibility index (Phi) is 6.92. The molecule has 0 bridgehead atoms. The molecule has 1 rings (SSSR count). The Morgan fingerprint density at radius 1 is 1.50 bits per heavy atom. The van der Waals surface area contributed by atoms with Gasteiger partial charge in [-0.25, -0.2) is 0 Å². The minimum Gasteiger partial charge on any atom is -0.383 e. The maximum Gasteiger partial charge on any atom is 0.237 e. The molecule has 1 saturated carbocycles. The van der Waals surface area contributed by atoms with Crippen LogP contribution in [0, 0.1) is 0 Å². The van der Waals surface area contributed by atoms with Gasteiger partial charge < -0.3 is 20.7 Å². The van der Waals surface area contributed by atoms with Crippen molar-refractivity contribution in [2.45, 2.75) is 63.6 Å². The van der Waals surface area contributed by atoms with Gasteiger partial charge in [0.2, 0.25) is 5.91 Å². The summed E-state index contributed by atoms with van der Waals surface area (Å²) in [6.45, 7) is 5.86. The first kappa shape index (κ1) is 17.4. The van der Waals surface area contributed by atoms with Crippen molar-refractivity contribution in [1.29, 1.82) is 0 Å². The Morgan fingerprint density at radius 3 is 2.65 bits per heavy atom. The van der Waals surface area contributed by atoms with Crippen LogP contribution in [0.1, 0.15) is 46.0 Å². The summed E-state index contributed by atoms with van der Waals surface area (Å²) in [4.78, 5) is 13.9. The number of likely N-dealkylation sites (N-methyl/N-ethyl adjacent to an activating group) is 1. The molecule has 0 aromatic rings. The number of hydrogen-bond acceptors (Lipinski definition) is 4. The van der Waals surface area contributed by atoms with E-state index in [1.165, 1.54) is 12.8 Å². The van der Waals surface area contributed by atoms with Gasteiger partial charge >= 0.3 is 0 Å². The second-order valence-electron chi connectivity index (χ2n) is 6.36. The molecule has 0 aliphatic heterocycles. The summed E-state index contributed by atoms with van der Waals surface area (Å²) in [6, 6.07) is 0.920. The van der Waals surface area contributed by atoms with Crippen molar-refractivity contribution in [3.8, 4) is 0 Å². The number of carbonyl (C=O) groups excluding carboxylic acids is 1. The normalized spacial score (nSPS) is 19.9. The summed E-state index contributed by atoms with van der Waals surface area (Å²) >= 11 is 0. The van der Waals surface area contributed by atoms with Crippen LogP contribution in [0.3, 0.4) is 0 Å². The van der Waals surface area contributed by atoms with Crippen molar-refractivity contribution in [1.82, 2.24) is 10.2 Å². The van der Waals surface area contributed by atoms with Crippen LogP contribution in [0.25, 0.3) is 0 Å². The molecule has 0 spiro atoms. The van der Waals surface area contributed by atoms with E-state index in [9.17, 15) is 4.79 Å². The Hall–Kier alpha value is -0.650. The van der Waals surface area contributed by atoms with Gasteiger partial charge in [-0.15, -0.1) is 0 Å². The van der Waals surface area contributed by atoms with Gasteiger partial charge in [-0.05, 0) is 59.5 Å². The molecule has 2 atom stereocenters. The fraction of sp³-hybridized carbons (Fsp3) is 0.933. The first-order valence-electron chi connectivity index (χ1n) is 7.66. The average molecular weight is 285 g/mol. The maximum absolute atomic E-state index is 11.6. The maximum atomic E-state index is 11.6. The van der Waals surface area contributed by atoms with Gasteiger partial charge in [0.05, 0.1) is 12.1 Å². The molecule has 1 aliphatic rings. The van der Waals surface area contributed by atoms with E-state index in [1.54, 1.807) is 7.11 Å². The Bertz CT molecular complexity index is 307. The van der Waals surface area contributed by atoms with Crippen molar-refractivity contribution >= 4 is 5.91 Å². The van der Waals surface area contributed by atoms with Crippen LogP contribution in [-0.4, -0.2) is 55.7 Å². The SMILES string of the molecule is COCC(C)N(C)CCCCC(C)(NC1CC1)C(N)=O. The third-order valence-electron chi connectivity index (χ3n) is 4.24. The van der Waals surface area contributed by atoms with E-state index in [2.05, 4.69) is 24.2 Å². The zero-order valence-corrected chi connectivity index (χ0v) is 13.4. The molecule has 2 unspecified atom stereocenters. The van der Waals surface area contributed by atoms with Crippen LogP contribution in [0.15, 0.2) is 0 Å². The summed E-state index contributed by atoms with van der Waals surface area (Å²) < 4.78 is 5.15. The Morgan fingerprint density at radius 2 is 2.15 bits per heavy atom. The average Bonchev–Trinajstić information content (AvgIpc) is 3.18. The highest BCUT2D eigenvalue weighted by Crippen LogP contribution is 2.25. The number of amides is 1. The minimum absolute atomic E-state index is 0.231. The summed E-state index contributed by atoms with van der Waals surface area (Å²) in [5.74, 6) is -0.231. The molecule has 5 nitrogen and oxygen atoms in total. The molecular formula is C15H31N3O2. The molecule has 0 heterocycles. The lowest BCUT2D eigenvalue weighted by molar-refractivity contribution is -0.124. The molecule has 118 valence electrons. The zero-order chi connectivity index (χ0) is 15.2. The summed E-state index contributed by atoms with van der Waals surface area (Å²) in [6.07, 6.45) is 5.22. The van der Waals surface area contributed by atoms with E-state index in [1.807, 2.05) is 6.92 Å². The number of nitrogens with one attached hydrogen (secondary N) is 1. The molecule has 0 aromatic carbocycles. The van der Waals surface area contributed by atoms with Crippen LogP contribution in [0.2, 0.25) is 0 Å². The summed E-state index contributed by atoms with van der Waals surface area (Å²) in [7, 11) is 3.84. The largest absolute Gasteiger partial charge is 0.383 e. The molecule has 3 N–H and O–H groups in total. The van der Waals surface area contributed by atoms with Crippen LogP contribution >= 0.6 is 0 Å². The van der Waals surface area contributed by atoms with Gasteiger partial charge in [0.25, 0.3) is 0 Å². The monoisotopic (exact) mass is 285 g/mol. The van der Waals surface area contributed by atoms with Crippen LogP contribution in [-0.2, 0) is 9.53 Å².